The Balaban J connectivity index is 1.65. The van der Waals surface area contributed by atoms with Gasteiger partial charge >= 0.3 is 11.9 Å². The van der Waals surface area contributed by atoms with E-state index in [0.717, 1.165) is 0 Å². The summed E-state index contributed by atoms with van der Waals surface area (Å²) in [6.07, 6.45) is -0.769. The van der Waals surface area contributed by atoms with Crippen LogP contribution in [0.4, 0.5) is 0 Å². The van der Waals surface area contributed by atoms with Crippen LogP contribution >= 0.6 is 0 Å². The van der Waals surface area contributed by atoms with Gasteiger partial charge in [0.15, 0.2) is 0 Å². The second kappa shape index (κ2) is 8.21. The Morgan fingerprint density at radius 2 is 1.15 bits per heavy atom. The number of esters is 2. The van der Waals surface area contributed by atoms with Gasteiger partial charge in [0.25, 0.3) is 0 Å². The first-order valence-electron chi connectivity index (χ1n) is 9.12. The Hall–Kier alpha value is -1.22. The topological polar surface area (TPSA) is 96.1 Å². The molecule has 8 atom stereocenters. The first-order valence-corrected chi connectivity index (χ1v) is 9.12. The van der Waals surface area contributed by atoms with Gasteiger partial charge < -0.3 is 28.4 Å². The first kappa shape index (κ1) is 19.5. The Labute approximate surface area is 153 Å². The number of carbonyl (C=O) groups is 2. The lowest BCUT2D eigenvalue weighted by atomic mass is 9.97. The monoisotopic (exact) mass is 372 g/mol. The molecule has 0 aromatic carbocycles. The second-order valence-electron chi connectivity index (χ2n) is 7.32. The molecule has 3 rings (SSSR count). The highest BCUT2D eigenvalue weighted by Crippen LogP contribution is 2.37. The van der Waals surface area contributed by atoms with E-state index in [4.69, 9.17) is 28.4 Å². The van der Waals surface area contributed by atoms with Crippen LogP contribution in [0.1, 0.15) is 26.7 Å². The molecule has 0 radical (unpaired) electrons. The molecule has 3 aliphatic rings. The summed E-state index contributed by atoms with van der Waals surface area (Å²) >= 11 is 0. The van der Waals surface area contributed by atoms with E-state index >= 15 is 0 Å². The summed E-state index contributed by atoms with van der Waals surface area (Å²) < 4.78 is 32.8. The SMILES string of the molecule is CO[C@@H]1COC(=O)C[C@H]2O[C@H]2[C@@H](C)[C@H](OC)COC(=O)C[C@@H]2O[C@@H]2[C@H]1C. The molecular weight excluding hydrogens is 344 g/mol. The number of carbonyl (C=O) groups excluding carboxylic acids is 2. The van der Waals surface area contributed by atoms with Gasteiger partial charge in [0.2, 0.25) is 0 Å². The summed E-state index contributed by atoms with van der Waals surface area (Å²) in [5.74, 6) is -0.621. The van der Waals surface area contributed by atoms with Crippen LogP contribution < -0.4 is 0 Å². The molecule has 26 heavy (non-hydrogen) atoms. The molecule has 0 aromatic rings. The van der Waals surface area contributed by atoms with Gasteiger partial charge in [0, 0.05) is 26.1 Å². The number of cyclic esters (lactones) is 2. The summed E-state index contributed by atoms with van der Waals surface area (Å²) in [5, 5.41) is 0. The molecule has 8 heteroatoms. The third kappa shape index (κ3) is 4.54. The van der Waals surface area contributed by atoms with E-state index in [1.807, 2.05) is 13.8 Å². The molecule has 3 saturated heterocycles. The highest BCUT2D eigenvalue weighted by Gasteiger charge is 2.49. The van der Waals surface area contributed by atoms with Crippen molar-refractivity contribution in [3.8, 4) is 0 Å². The van der Waals surface area contributed by atoms with E-state index in [9.17, 15) is 9.59 Å². The van der Waals surface area contributed by atoms with Crippen LogP contribution in [0, 0.1) is 11.8 Å². The molecule has 0 amide bonds. The average molecular weight is 372 g/mol. The van der Waals surface area contributed by atoms with E-state index in [2.05, 4.69) is 0 Å². The fraction of sp³-hybridized carbons (Fsp3) is 0.889. The number of rotatable bonds is 2. The molecule has 0 unspecified atom stereocenters. The maximum absolute atomic E-state index is 12.1. The van der Waals surface area contributed by atoms with Gasteiger partial charge in [-0.25, -0.2) is 0 Å². The van der Waals surface area contributed by atoms with Crippen molar-refractivity contribution in [1.29, 1.82) is 0 Å². The number of methoxy groups -OCH3 is 2. The van der Waals surface area contributed by atoms with Crippen molar-refractivity contribution in [2.75, 3.05) is 27.4 Å². The zero-order valence-electron chi connectivity index (χ0n) is 15.7. The summed E-state index contributed by atoms with van der Waals surface area (Å²) in [6, 6.07) is 0. The van der Waals surface area contributed by atoms with Crippen molar-refractivity contribution in [3.05, 3.63) is 0 Å². The average Bonchev–Trinajstić information content (AvgIpc) is 3.51. The molecule has 0 spiro atoms. The van der Waals surface area contributed by atoms with Gasteiger partial charge in [-0.2, -0.15) is 0 Å². The van der Waals surface area contributed by atoms with E-state index in [1.165, 1.54) is 0 Å². The lowest BCUT2D eigenvalue weighted by molar-refractivity contribution is -0.149. The predicted octanol–water partition coefficient (Wildman–Crippen LogP) is 0.704. The van der Waals surface area contributed by atoms with Crippen molar-refractivity contribution >= 4 is 11.9 Å². The lowest BCUT2D eigenvalue weighted by Crippen LogP contribution is -2.34. The molecule has 0 N–H and O–H groups in total. The van der Waals surface area contributed by atoms with Gasteiger partial charge in [-0.15, -0.1) is 0 Å². The molecule has 0 saturated carbocycles. The highest BCUT2D eigenvalue weighted by atomic mass is 16.6. The minimum absolute atomic E-state index is 0.00447. The van der Waals surface area contributed by atoms with Crippen LogP contribution in [0.2, 0.25) is 0 Å². The molecule has 3 heterocycles. The number of epoxide rings is 2. The maximum Gasteiger partial charge on any atom is 0.308 e. The molecule has 0 aliphatic carbocycles. The molecule has 0 bridgehead atoms. The molecule has 3 aliphatic heterocycles. The number of fused-ring (bicyclic) bond motifs is 2. The third-order valence-corrected chi connectivity index (χ3v) is 5.61. The Morgan fingerprint density at radius 3 is 1.50 bits per heavy atom. The zero-order chi connectivity index (χ0) is 18.8. The van der Waals surface area contributed by atoms with Gasteiger partial charge in [0.05, 0.1) is 49.5 Å². The smallest absolute Gasteiger partial charge is 0.308 e. The Bertz CT molecular complexity index is 477. The fourth-order valence-electron chi connectivity index (χ4n) is 3.66. The minimum Gasteiger partial charge on any atom is -0.463 e. The van der Waals surface area contributed by atoms with E-state index < -0.39 is 0 Å². The van der Waals surface area contributed by atoms with E-state index in [-0.39, 0.29) is 86.5 Å². The first-order chi connectivity index (χ1) is 12.4. The summed E-state index contributed by atoms with van der Waals surface area (Å²) in [4.78, 5) is 24.2. The van der Waals surface area contributed by atoms with Crippen LogP contribution in [0.3, 0.4) is 0 Å². The van der Waals surface area contributed by atoms with E-state index in [0.29, 0.717) is 0 Å². The highest BCUT2D eigenvalue weighted by molar-refractivity contribution is 5.71. The maximum atomic E-state index is 12.1. The molecule has 3 fully saturated rings. The number of hydrogen-bond donors (Lipinski definition) is 0. The number of ether oxygens (including phenoxy) is 6. The Kier molecular flexibility index (Phi) is 6.17. The molecule has 148 valence electrons. The van der Waals surface area contributed by atoms with Gasteiger partial charge in [-0.1, -0.05) is 13.8 Å². The summed E-state index contributed by atoms with van der Waals surface area (Å²) in [5.41, 5.74) is 0. The van der Waals surface area contributed by atoms with Gasteiger partial charge in [-0.3, -0.25) is 9.59 Å². The minimum atomic E-state index is -0.306. The largest absolute Gasteiger partial charge is 0.463 e. The quantitative estimate of drug-likeness (QED) is 0.516. The predicted molar refractivity (Wildman–Crippen MR) is 88.4 cm³/mol. The molecular formula is C18H28O8. The van der Waals surface area contributed by atoms with Crippen LogP contribution in [-0.4, -0.2) is 76.0 Å². The van der Waals surface area contributed by atoms with Crippen LogP contribution in [0.25, 0.3) is 0 Å². The van der Waals surface area contributed by atoms with Crippen molar-refractivity contribution in [1.82, 2.24) is 0 Å². The fourth-order valence-corrected chi connectivity index (χ4v) is 3.66. The third-order valence-electron chi connectivity index (χ3n) is 5.61. The van der Waals surface area contributed by atoms with Gasteiger partial charge in [0.1, 0.15) is 13.2 Å². The summed E-state index contributed by atoms with van der Waals surface area (Å²) in [7, 11) is 3.15. The number of hydrogen-bond acceptors (Lipinski definition) is 8. The normalized spacial score (nSPS) is 44.3. The lowest BCUT2D eigenvalue weighted by Gasteiger charge is -2.22. The Morgan fingerprint density at radius 1 is 0.769 bits per heavy atom. The molecule has 0 aromatic heterocycles. The zero-order valence-corrected chi connectivity index (χ0v) is 15.7. The summed E-state index contributed by atoms with van der Waals surface area (Å²) in [6.45, 7) is 4.23. The van der Waals surface area contributed by atoms with Crippen LogP contribution in [-0.2, 0) is 38.0 Å². The van der Waals surface area contributed by atoms with Gasteiger partial charge in [-0.05, 0) is 0 Å². The van der Waals surface area contributed by atoms with Crippen molar-refractivity contribution in [3.63, 3.8) is 0 Å². The van der Waals surface area contributed by atoms with E-state index in [1.54, 1.807) is 14.2 Å². The van der Waals surface area contributed by atoms with Crippen LogP contribution in [0.5, 0.6) is 0 Å². The molecule has 8 nitrogen and oxygen atoms in total. The van der Waals surface area contributed by atoms with Crippen molar-refractivity contribution in [2.24, 2.45) is 11.8 Å². The van der Waals surface area contributed by atoms with Crippen LogP contribution in [0.15, 0.2) is 0 Å². The second-order valence-corrected chi connectivity index (χ2v) is 7.32. The van der Waals surface area contributed by atoms with Crippen molar-refractivity contribution in [2.45, 2.75) is 63.3 Å². The standard InChI is InChI=1S/C18H28O8/c1-9-13(21-3)7-23-16(20)6-12-18(26-12)10(2)14(22-4)8-24-15(19)5-11-17(9)25-11/h9-14,17-18H,5-8H2,1-4H3/t9-,10-,11-,12+,13+,14+,17+,18-/m0/s1. The van der Waals surface area contributed by atoms with Crippen molar-refractivity contribution < 1.29 is 38.0 Å².